The van der Waals surface area contributed by atoms with Gasteiger partial charge in [-0.1, -0.05) is 6.07 Å². The zero-order valence-corrected chi connectivity index (χ0v) is 13.1. The molecule has 0 aliphatic heterocycles. The van der Waals surface area contributed by atoms with E-state index in [2.05, 4.69) is 25.9 Å². The van der Waals surface area contributed by atoms with E-state index in [1.807, 2.05) is 32.0 Å². The average molecular weight is 334 g/mol. The Kier molecular flexibility index (Phi) is 4.84. The van der Waals surface area contributed by atoms with Gasteiger partial charge in [0.25, 0.3) is 5.91 Å². The van der Waals surface area contributed by atoms with Crippen LogP contribution in [0, 0.1) is 6.92 Å². The second-order valence-corrected chi connectivity index (χ2v) is 5.27. The summed E-state index contributed by atoms with van der Waals surface area (Å²) >= 11 is 3.28. The minimum absolute atomic E-state index is 0.0149. The molecule has 2 aromatic heterocycles. The van der Waals surface area contributed by atoms with Crippen LogP contribution in [0.15, 0.2) is 41.1 Å². The molecule has 0 aliphatic rings. The highest BCUT2D eigenvalue weighted by atomic mass is 79.9. The molecular weight excluding hydrogens is 318 g/mol. The SMILES string of the molecule is CCN(Cc1cccc(C)n1)C(=O)c1ccnc(Br)c1. The third-order valence-corrected chi connectivity index (χ3v) is 3.37. The number of pyridine rings is 2. The first-order valence-electron chi connectivity index (χ1n) is 6.43. The number of aromatic nitrogens is 2. The molecule has 2 aromatic rings. The van der Waals surface area contributed by atoms with Crippen LogP contribution in [0.3, 0.4) is 0 Å². The fourth-order valence-electron chi connectivity index (χ4n) is 1.93. The van der Waals surface area contributed by atoms with Gasteiger partial charge < -0.3 is 4.90 Å². The molecule has 0 bridgehead atoms. The van der Waals surface area contributed by atoms with Gasteiger partial charge in [0.15, 0.2) is 0 Å². The highest BCUT2D eigenvalue weighted by Crippen LogP contribution is 2.12. The fraction of sp³-hybridized carbons (Fsp3) is 0.267. The summed E-state index contributed by atoms with van der Waals surface area (Å²) in [5, 5.41) is 0. The van der Waals surface area contributed by atoms with Crippen LogP contribution in [0.25, 0.3) is 0 Å². The van der Waals surface area contributed by atoms with E-state index in [4.69, 9.17) is 0 Å². The minimum atomic E-state index is -0.0149. The van der Waals surface area contributed by atoms with Crippen molar-refractivity contribution in [3.63, 3.8) is 0 Å². The van der Waals surface area contributed by atoms with E-state index >= 15 is 0 Å². The number of amides is 1. The zero-order chi connectivity index (χ0) is 14.5. The Balaban J connectivity index is 2.18. The molecular formula is C15H16BrN3O. The topological polar surface area (TPSA) is 46.1 Å². The molecule has 0 fully saturated rings. The summed E-state index contributed by atoms with van der Waals surface area (Å²) < 4.78 is 0.660. The molecule has 0 atom stereocenters. The Morgan fingerprint density at radius 2 is 2.15 bits per heavy atom. The number of aryl methyl sites for hydroxylation is 1. The first kappa shape index (κ1) is 14.7. The van der Waals surface area contributed by atoms with Gasteiger partial charge in [-0.15, -0.1) is 0 Å². The summed E-state index contributed by atoms with van der Waals surface area (Å²) in [6, 6.07) is 9.29. The second kappa shape index (κ2) is 6.61. The van der Waals surface area contributed by atoms with Crippen LogP contribution < -0.4 is 0 Å². The van der Waals surface area contributed by atoms with Crippen LogP contribution in [-0.4, -0.2) is 27.3 Å². The summed E-state index contributed by atoms with van der Waals surface area (Å²) in [5.41, 5.74) is 2.48. The molecule has 0 aromatic carbocycles. The molecule has 0 aliphatic carbocycles. The van der Waals surface area contributed by atoms with Crippen molar-refractivity contribution in [3.8, 4) is 0 Å². The average Bonchev–Trinajstić information content (AvgIpc) is 2.44. The van der Waals surface area contributed by atoms with Crippen molar-refractivity contribution in [2.24, 2.45) is 0 Å². The maximum atomic E-state index is 12.5. The molecule has 5 heteroatoms. The van der Waals surface area contributed by atoms with Crippen molar-refractivity contribution in [2.75, 3.05) is 6.54 Å². The van der Waals surface area contributed by atoms with Gasteiger partial charge in [0.1, 0.15) is 4.60 Å². The lowest BCUT2D eigenvalue weighted by atomic mass is 10.2. The van der Waals surface area contributed by atoms with Crippen molar-refractivity contribution < 1.29 is 4.79 Å². The van der Waals surface area contributed by atoms with Gasteiger partial charge >= 0.3 is 0 Å². The van der Waals surface area contributed by atoms with E-state index in [1.54, 1.807) is 23.2 Å². The van der Waals surface area contributed by atoms with Gasteiger partial charge in [-0.05, 0) is 54.0 Å². The third-order valence-electron chi connectivity index (χ3n) is 2.94. The van der Waals surface area contributed by atoms with Gasteiger partial charge in [0, 0.05) is 24.0 Å². The van der Waals surface area contributed by atoms with Gasteiger partial charge in [-0.2, -0.15) is 0 Å². The van der Waals surface area contributed by atoms with Crippen LogP contribution in [0.4, 0.5) is 0 Å². The number of hydrogen-bond acceptors (Lipinski definition) is 3. The zero-order valence-electron chi connectivity index (χ0n) is 11.5. The maximum absolute atomic E-state index is 12.5. The van der Waals surface area contributed by atoms with Gasteiger partial charge in [-0.25, -0.2) is 4.98 Å². The predicted octanol–water partition coefficient (Wildman–Crippen LogP) is 3.21. The number of carbonyl (C=O) groups is 1. The molecule has 4 nitrogen and oxygen atoms in total. The number of hydrogen-bond donors (Lipinski definition) is 0. The molecule has 2 heterocycles. The Morgan fingerprint density at radius 1 is 1.35 bits per heavy atom. The lowest BCUT2D eigenvalue weighted by Crippen LogP contribution is -2.30. The summed E-state index contributed by atoms with van der Waals surface area (Å²) in [6.45, 7) is 5.05. The minimum Gasteiger partial charge on any atom is -0.333 e. The Hall–Kier alpha value is -1.75. The summed E-state index contributed by atoms with van der Waals surface area (Å²) in [6.07, 6.45) is 1.62. The van der Waals surface area contributed by atoms with Gasteiger partial charge in [-0.3, -0.25) is 9.78 Å². The summed E-state index contributed by atoms with van der Waals surface area (Å²) in [5.74, 6) is -0.0149. The highest BCUT2D eigenvalue weighted by molar-refractivity contribution is 9.10. The van der Waals surface area contributed by atoms with Crippen LogP contribution in [-0.2, 0) is 6.54 Å². The van der Waals surface area contributed by atoms with E-state index in [9.17, 15) is 4.79 Å². The van der Waals surface area contributed by atoms with Crippen LogP contribution in [0.1, 0.15) is 28.7 Å². The second-order valence-electron chi connectivity index (χ2n) is 4.46. The third kappa shape index (κ3) is 3.63. The number of halogens is 1. The van der Waals surface area contributed by atoms with E-state index in [0.717, 1.165) is 11.4 Å². The number of rotatable bonds is 4. The molecule has 0 spiro atoms. The van der Waals surface area contributed by atoms with E-state index in [1.165, 1.54) is 0 Å². The Bertz CT molecular complexity index is 616. The molecule has 104 valence electrons. The van der Waals surface area contributed by atoms with E-state index in [-0.39, 0.29) is 5.91 Å². The standard InChI is InChI=1S/C15H16BrN3O/c1-3-19(10-13-6-4-5-11(2)18-13)15(20)12-7-8-17-14(16)9-12/h4-9H,3,10H2,1-2H3. The van der Waals surface area contributed by atoms with E-state index < -0.39 is 0 Å². The number of carbonyl (C=O) groups excluding carboxylic acids is 1. The van der Waals surface area contributed by atoms with Crippen molar-refractivity contribution in [1.82, 2.24) is 14.9 Å². The molecule has 1 amide bonds. The summed E-state index contributed by atoms with van der Waals surface area (Å²) in [4.78, 5) is 22.7. The smallest absolute Gasteiger partial charge is 0.254 e. The highest BCUT2D eigenvalue weighted by Gasteiger charge is 2.15. The monoisotopic (exact) mass is 333 g/mol. The van der Waals surface area contributed by atoms with Crippen LogP contribution >= 0.6 is 15.9 Å². The van der Waals surface area contributed by atoms with Gasteiger partial charge in [0.2, 0.25) is 0 Å². The van der Waals surface area contributed by atoms with Crippen molar-refractivity contribution in [2.45, 2.75) is 20.4 Å². The Labute approximate surface area is 127 Å². The summed E-state index contributed by atoms with van der Waals surface area (Å²) in [7, 11) is 0. The molecule has 0 radical (unpaired) electrons. The molecule has 0 unspecified atom stereocenters. The van der Waals surface area contributed by atoms with Crippen LogP contribution in [0.5, 0.6) is 0 Å². The van der Waals surface area contributed by atoms with Crippen LogP contribution in [0.2, 0.25) is 0 Å². The molecule has 20 heavy (non-hydrogen) atoms. The first-order valence-corrected chi connectivity index (χ1v) is 7.23. The number of nitrogens with zero attached hydrogens (tertiary/aromatic N) is 3. The Morgan fingerprint density at radius 3 is 2.80 bits per heavy atom. The fourth-order valence-corrected chi connectivity index (χ4v) is 2.29. The van der Waals surface area contributed by atoms with Crippen molar-refractivity contribution >= 4 is 21.8 Å². The quantitative estimate of drug-likeness (QED) is 0.807. The van der Waals surface area contributed by atoms with Crippen molar-refractivity contribution in [1.29, 1.82) is 0 Å². The molecule has 0 saturated carbocycles. The molecule has 0 saturated heterocycles. The first-order chi connectivity index (χ1) is 9.60. The lowest BCUT2D eigenvalue weighted by molar-refractivity contribution is 0.0750. The predicted molar refractivity (Wildman–Crippen MR) is 81.3 cm³/mol. The van der Waals surface area contributed by atoms with Gasteiger partial charge in [0.05, 0.1) is 12.2 Å². The normalized spacial score (nSPS) is 10.3. The molecule has 0 N–H and O–H groups in total. The maximum Gasteiger partial charge on any atom is 0.254 e. The van der Waals surface area contributed by atoms with E-state index in [0.29, 0.717) is 23.3 Å². The van der Waals surface area contributed by atoms with Crippen molar-refractivity contribution in [3.05, 3.63) is 58.1 Å². The largest absolute Gasteiger partial charge is 0.333 e. The lowest BCUT2D eigenvalue weighted by Gasteiger charge is -2.20. The molecule has 2 rings (SSSR count).